The second kappa shape index (κ2) is 8.48. The number of amides is 2. The van der Waals surface area contributed by atoms with Crippen molar-refractivity contribution in [2.45, 2.75) is 25.7 Å². The molecule has 0 aliphatic heterocycles. The molecule has 7 nitrogen and oxygen atoms in total. The first-order valence-corrected chi connectivity index (χ1v) is 6.55. The molecule has 1 radical (unpaired) electrons. The third-order valence-electron chi connectivity index (χ3n) is 1.45. The predicted molar refractivity (Wildman–Crippen MR) is 55.1 cm³/mol. The van der Waals surface area contributed by atoms with Crippen molar-refractivity contribution in [2.24, 2.45) is 0 Å². The van der Waals surface area contributed by atoms with Crippen molar-refractivity contribution in [1.82, 2.24) is 9.44 Å². The van der Waals surface area contributed by atoms with E-state index in [0.29, 0.717) is 0 Å². The van der Waals surface area contributed by atoms with Crippen LogP contribution in [0, 0.1) is 6.42 Å². The van der Waals surface area contributed by atoms with E-state index in [4.69, 9.17) is 0 Å². The number of urea groups is 1. The number of nitrogens with one attached hydrogen (secondary N) is 2. The van der Waals surface area contributed by atoms with E-state index in [0.717, 1.165) is 0 Å². The van der Waals surface area contributed by atoms with Gasteiger partial charge in [-0.3, -0.25) is 0 Å². The van der Waals surface area contributed by atoms with Crippen LogP contribution in [0.15, 0.2) is 0 Å². The zero-order chi connectivity index (χ0) is 11.7. The minimum Gasteiger partial charge on any atom is -0.247 e. The summed E-state index contributed by atoms with van der Waals surface area (Å²) in [7, 11) is -6.20. The molecule has 0 spiro atoms. The molecular formula is C6H13N2O5S2. The summed E-state index contributed by atoms with van der Waals surface area (Å²) < 4.78 is 41.2. The first-order chi connectivity index (χ1) is 7.02. The number of carbonyl (C=O) groups is 1. The van der Waals surface area contributed by atoms with Crippen LogP contribution in [0.25, 0.3) is 0 Å². The summed E-state index contributed by atoms with van der Waals surface area (Å²) in [6.07, 6.45) is 8.00. The molecule has 0 aromatic carbocycles. The fraction of sp³-hybridized carbons (Fsp3) is 0.667. The standard InChI is InChI=1S/C5H9.CH4N2O5S2/c1-2-4-5-3-1;4-1(2-9(5)6)3-10(7)8/h1H,2-5H2;9-10H,(H2,2,3,4,5,6,7,8). The largest absolute Gasteiger partial charge is 0.341 e. The smallest absolute Gasteiger partial charge is 0.247 e. The van der Waals surface area contributed by atoms with E-state index < -0.39 is 27.8 Å². The van der Waals surface area contributed by atoms with Crippen LogP contribution < -0.4 is 9.44 Å². The summed E-state index contributed by atoms with van der Waals surface area (Å²) in [6, 6.07) is -1.28. The maximum Gasteiger partial charge on any atom is 0.341 e. The Labute approximate surface area is 91.4 Å². The summed E-state index contributed by atoms with van der Waals surface area (Å²) in [5.74, 6) is 0. The minimum absolute atomic E-state index is 1.28. The average molecular weight is 257 g/mol. The van der Waals surface area contributed by atoms with Gasteiger partial charge in [0.1, 0.15) is 0 Å². The summed E-state index contributed by atoms with van der Waals surface area (Å²) in [5.41, 5.74) is 0. The van der Waals surface area contributed by atoms with Gasteiger partial charge < -0.3 is 0 Å². The fourth-order valence-electron chi connectivity index (χ4n) is 0.913. The van der Waals surface area contributed by atoms with Crippen molar-refractivity contribution in [3.8, 4) is 0 Å². The Morgan fingerprint density at radius 1 is 0.933 bits per heavy atom. The van der Waals surface area contributed by atoms with Crippen molar-refractivity contribution >= 4 is 27.8 Å². The molecule has 0 atom stereocenters. The van der Waals surface area contributed by atoms with Gasteiger partial charge in [-0.05, 0) is 6.42 Å². The van der Waals surface area contributed by atoms with E-state index in [-0.39, 0.29) is 0 Å². The van der Waals surface area contributed by atoms with Gasteiger partial charge in [0.2, 0.25) is 21.8 Å². The van der Waals surface area contributed by atoms with Gasteiger partial charge in [-0.1, -0.05) is 25.7 Å². The van der Waals surface area contributed by atoms with Crippen LogP contribution in [0.4, 0.5) is 4.79 Å². The Morgan fingerprint density at radius 3 is 1.53 bits per heavy atom. The lowest BCUT2D eigenvalue weighted by Crippen LogP contribution is -2.33. The highest BCUT2D eigenvalue weighted by Crippen LogP contribution is 2.13. The number of carbonyl (C=O) groups excluding carboxylic acids is 1. The Kier molecular flexibility index (Phi) is 8.01. The molecule has 15 heavy (non-hydrogen) atoms. The summed E-state index contributed by atoms with van der Waals surface area (Å²) in [4.78, 5) is 10.1. The molecule has 1 rings (SSSR count). The molecule has 1 fully saturated rings. The number of rotatable bonds is 2. The van der Waals surface area contributed by atoms with Gasteiger partial charge in [0.05, 0.1) is 0 Å². The minimum atomic E-state index is -3.10. The quantitative estimate of drug-likeness (QED) is 0.479. The van der Waals surface area contributed by atoms with E-state index in [9.17, 15) is 21.6 Å². The molecule has 89 valence electrons. The first-order valence-electron chi connectivity index (χ1n) is 4.20. The summed E-state index contributed by atoms with van der Waals surface area (Å²) in [5, 5.41) is 0. The second-order valence-corrected chi connectivity index (χ2v) is 4.12. The Hall–Kier alpha value is -0.830. The molecule has 0 aromatic rings. The molecule has 9 heteroatoms. The molecule has 0 heterocycles. The van der Waals surface area contributed by atoms with E-state index in [1.54, 1.807) is 0 Å². The highest BCUT2D eigenvalue weighted by Gasteiger charge is 1.97. The maximum atomic E-state index is 10.1. The Morgan fingerprint density at radius 2 is 1.33 bits per heavy atom. The van der Waals surface area contributed by atoms with Crippen molar-refractivity contribution in [2.75, 3.05) is 0 Å². The molecule has 0 aromatic heterocycles. The van der Waals surface area contributed by atoms with Crippen LogP contribution in [0.5, 0.6) is 0 Å². The molecule has 1 saturated carbocycles. The molecule has 0 saturated heterocycles. The van der Waals surface area contributed by atoms with Crippen molar-refractivity contribution < 1.29 is 21.6 Å². The first kappa shape index (κ1) is 14.2. The van der Waals surface area contributed by atoms with Crippen LogP contribution >= 0.6 is 0 Å². The lowest BCUT2D eigenvalue weighted by molar-refractivity contribution is 0.251. The van der Waals surface area contributed by atoms with E-state index >= 15 is 0 Å². The second-order valence-electron chi connectivity index (χ2n) is 2.64. The SMILES string of the molecule is O=C(N[SH](=O)=O)N[SH](=O)=O.[CH]1CCCC1. The zero-order valence-corrected chi connectivity index (χ0v) is 9.63. The lowest BCUT2D eigenvalue weighted by Gasteiger charge is -1.91. The molecular weight excluding hydrogens is 244 g/mol. The van der Waals surface area contributed by atoms with Crippen LogP contribution in [0.1, 0.15) is 25.7 Å². The van der Waals surface area contributed by atoms with Crippen molar-refractivity contribution in [1.29, 1.82) is 0 Å². The third kappa shape index (κ3) is 11.1. The highest BCUT2D eigenvalue weighted by atomic mass is 32.2. The van der Waals surface area contributed by atoms with Gasteiger partial charge in [0.15, 0.2) is 0 Å². The Balaban J connectivity index is 0.000000322. The van der Waals surface area contributed by atoms with Gasteiger partial charge >= 0.3 is 6.03 Å². The Bertz CT molecular complexity index is 283. The summed E-state index contributed by atoms with van der Waals surface area (Å²) in [6.45, 7) is 0. The molecule has 2 amide bonds. The number of thiol groups is 2. The normalized spacial score (nSPS) is 14.5. The zero-order valence-electron chi connectivity index (χ0n) is 7.84. The monoisotopic (exact) mass is 257 g/mol. The molecule has 2 N–H and O–H groups in total. The van der Waals surface area contributed by atoms with Crippen molar-refractivity contribution in [3.05, 3.63) is 6.42 Å². The molecule has 1 aliphatic carbocycles. The molecule has 0 unspecified atom stereocenters. The highest BCUT2D eigenvalue weighted by molar-refractivity contribution is 7.72. The third-order valence-corrected chi connectivity index (χ3v) is 2.22. The van der Waals surface area contributed by atoms with E-state index in [1.807, 2.05) is 0 Å². The maximum absolute atomic E-state index is 10.1. The van der Waals surface area contributed by atoms with Crippen LogP contribution in [-0.2, 0) is 21.8 Å². The van der Waals surface area contributed by atoms with Gasteiger partial charge in [-0.2, -0.15) is 0 Å². The van der Waals surface area contributed by atoms with Crippen LogP contribution in [0.2, 0.25) is 0 Å². The predicted octanol–water partition coefficient (Wildman–Crippen LogP) is -0.897. The van der Waals surface area contributed by atoms with E-state index in [2.05, 4.69) is 6.42 Å². The van der Waals surface area contributed by atoms with E-state index in [1.165, 1.54) is 35.1 Å². The number of hydrogen-bond donors (Lipinski definition) is 4. The van der Waals surface area contributed by atoms with Gasteiger partial charge in [0.25, 0.3) is 0 Å². The van der Waals surface area contributed by atoms with Crippen LogP contribution in [0.3, 0.4) is 0 Å². The summed E-state index contributed by atoms with van der Waals surface area (Å²) >= 11 is 0. The fourth-order valence-corrected chi connectivity index (χ4v) is 1.44. The molecule has 1 aliphatic rings. The van der Waals surface area contributed by atoms with Crippen LogP contribution in [-0.4, -0.2) is 22.9 Å². The molecule has 0 bridgehead atoms. The average Bonchev–Trinajstić information content (AvgIpc) is 2.55. The van der Waals surface area contributed by atoms with Gasteiger partial charge in [-0.15, -0.1) is 0 Å². The number of hydrogen-bond acceptors (Lipinski definition) is 5. The van der Waals surface area contributed by atoms with Crippen molar-refractivity contribution in [3.63, 3.8) is 0 Å². The van der Waals surface area contributed by atoms with Gasteiger partial charge in [0, 0.05) is 0 Å². The lowest BCUT2D eigenvalue weighted by atomic mass is 10.4. The van der Waals surface area contributed by atoms with Gasteiger partial charge in [-0.25, -0.2) is 31.1 Å². The topological polar surface area (TPSA) is 109 Å².